The van der Waals surface area contributed by atoms with Gasteiger partial charge in [-0.1, -0.05) is 19.9 Å². The number of ketones is 1. The van der Waals surface area contributed by atoms with Crippen LogP contribution >= 0.6 is 11.3 Å². The van der Waals surface area contributed by atoms with Crippen LogP contribution in [0.4, 0.5) is 0 Å². The van der Waals surface area contributed by atoms with Crippen molar-refractivity contribution in [3.8, 4) is 0 Å². The largest absolute Gasteiger partial charge is 0.330 e. The second-order valence-electron chi connectivity index (χ2n) is 3.43. The summed E-state index contributed by atoms with van der Waals surface area (Å²) in [5.41, 5.74) is 5.56. The Hall–Kier alpha value is -0.670. The molecule has 13 heavy (non-hydrogen) atoms. The lowest BCUT2D eigenvalue weighted by molar-refractivity contribution is 0.0896. The third-order valence-electron chi connectivity index (χ3n) is 2.16. The van der Waals surface area contributed by atoms with E-state index < -0.39 is 0 Å². The molecule has 1 rings (SSSR count). The molecule has 72 valence electrons. The van der Waals surface area contributed by atoms with Crippen LogP contribution in [0.5, 0.6) is 0 Å². The first-order chi connectivity index (χ1) is 6.16. The minimum atomic E-state index is -0.0290. The third kappa shape index (κ3) is 2.39. The number of nitrogens with two attached hydrogens (primary N) is 1. The summed E-state index contributed by atoms with van der Waals surface area (Å²) in [6.07, 6.45) is 0. The number of rotatable bonds is 4. The van der Waals surface area contributed by atoms with Gasteiger partial charge in [-0.3, -0.25) is 4.79 Å². The molecule has 0 aliphatic rings. The Morgan fingerprint density at radius 1 is 1.62 bits per heavy atom. The van der Waals surface area contributed by atoms with Crippen molar-refractivity contribution in [2.75, 3.05) is 6.54 Å². The van der Waals surface area contributed by atoms with Crippen LogP contribution in [0.25, 0.3) is 0 Å². The molecule has 2 N–H and O–H groups in total. The molecule has 0 spiro atoms. The monoisotopic (exact) mass is 197 g/mol. The van der Waals surface area contributed by atoms with Crippen molar-refractivity contribution in [2.24, 2.45) is 17.6 Å². The van der Waals surface area contributed by atoms with E-state index in [1.54, 1.807) is 0 Å². The average Bonchev–Trinajstić information content (AvgIpc) is 2.56. The molecule has 2 nitrogen and oxygen atoms in total. The van der Waals surface area contributed by atoms with E-state index in [-0.39, 0.29) is 11.7 Å². The standard InChI is InChI=1S/C10H15NOS/c1-7(2)8(6-11)10(12)9-4-3-5-13-9/h3-5,7-8H,6,11H2,1-2H3. The van der Waals surface area contributed by atoms with E-state index in [4.69, 9.17) is 5.73 Å². The molecule has 0 radical (unpaired) electrons. The van der Waals surface area contributed by atoms with Gasteiger partial charge in [-0.25, -0.2) is 0 Å². The van der Waals surface area contributed by atoms with E-state index in [1.165, 1.54) is 11.3 Å². The number of hydrogen-bond donors (Lipinski definition) is 1. The highest BCUT2D eigenvalue weighted by atomic mass is 32.1. The summed E-state index contributed by atoms with van der Waals surface area (Å²) in [5.74, 6) is 0.478. The summed E-state index contributed by atoms with van der Waals surface area (Å²) in [7, 11) is 0. The van der Waals surface area contributed by atoms with E-state index in [9.17, 15) is 4.79 Å². The maximum absolute atomic E-state index is 11.8. The van der Waals surface area contributed by atoms with Gasteiger partial charge in [0.05, 0.1) is 4.88 Å². The van der Waals surface area contributed by atoms with Gasteiger partial charge in [-0.05, 0) is 17.4 Å². The van der Waals surface area contributed by atoms with E-state index in [0.29, 0.717) is 12.5 Å². The van der Waals surface area contributed by atoms with Crippen molar-refractivity contribution in [3.05, 3.63) is 22.4 Å². The normalized spacial score (nSPS) is 13.2. The molecule has 1 atom stereocenters. The molecule has 0 aromatic carbocycles. The maximum atomic E-state index is 11.8. The van der Waals surface area contributed by atoms with Gasteiger partial charge < -0.3 is 5.73 Å². The molecule has 1 unspecified atom stereocenters. The molecule has 0 fully saturated rings. The van der Waals surface area contributed by atoms with Gasteiger partial charge in [0, 0.05) is 12.5 Å². The third-order valence-corrected chi connectivity index (χ3v) is 3.04. The lowest BCUT2D eigenvalue weighted by atomic mass is 9.91. The second-order valence-corrected chi connectivity index (χ2v) is 4.38. The SMILES string of the molecule is CC(C)C(CN)C(=O)c1cccs1. The lowest BCUT2D eigenvalue weighted by Gasteiger charge is -2.15. The molecule has 0 amide bonds. The van der Waals surface area contributed by atoms with E-state index in [0.717, 1.165) is 4.88 Å². The van der Waals surface area contributed by atoms with Gasteiger partial charge in [-0.15, -0.1) is 11.3 Å². The smallest absolute Gasteiger partial charge is 0.177 e. The fraction of sp³-hybridized carbons (Fsp3) is 0.500. The van der Waals surface area contributed by atoms with Crippen LogP contribution < -0.4 is 5.73 Å². The quantitative estimate of drug-likeness (QED) is 0.752. The van der Waals surface area contributed by atoms with Crippen molar-refractivity contribution in [1.29, 1.82) is 0 Å². The fourth-order valence-corrected chi connectivity index (χ4v) is 2.01. The van der Waals surface area contributed by atoms with Gasteiger partial charge >= 0.3 is 0 Å². The minimum absolute atomic E-state index is 0.0290. The zero-order chi connectivity index (χ0) is 9.84. The molecule has 0 aliphatic heterocycles. The molecular formula is C10H15NOS. The van der Waals surface area contributed by atoms with Gasteiger partial charge in [-0.2, -0.15) is 0 Å². The summed E-state index contributed by atoms with van der Waals surface area (Å²) < 4.78 is 0. The Balaban J connectivity index is 2.77. The van der Waals surface area contributed by atoms with E-state index in [2.05, 4.69) is 0 Å². The van der Waals surface area contributed by atoms with Crippen molar-refractivity contribution in [1.82, 2.24) is 0 Å². The molecule has 3 heteroatoms. The van der Waals surface area contributed by atoms with Gasteiger partial charge in [0.15, 0.2) is 5.78 Å². The predicted molar refractivity (Wildman–Crippen MR) is 56.0 cm³/mol. The first-order valence-corrected chi connectivity index (χ1v) is 5.32. The highest BCUT2D eigenvalue weighted by Crippen LogP contribution is 2.19. The topological polar surface area (TPSA) is 43.1 Å². The molecule has 0 saturated heterocycles. The highest BCUT2D eigenvalue weighted by Gasteiger charge is 2.22. The van der Waals surface area contributed by atoms with Gasteiger partial charge in [0.1, 0.15) is 0 Å². The minimum Gasteiger partial charge on any atom is -0.330 e. The molecular weight excluding hydrogens is 182 g/mol. The van der Waals surface area contributed by atoms with Crippen LogP contribution in [-0.4, -0.2) is 12.3 Å². The van der Waals surface area contributed by atoms with Crippen LogP contribution in [-0.2, 0) is 0 Å². The summed E-state index contributed by atoms with van der Waals surface area (Å²) in [6, 6.07) is 3.75. The Morgan fingerprint density at radius 3 is 2.69 bits per heavy atom. The average molecular weight is 197 g/mol. The molecule has 1 aromatic rings. The van der Waals surface area contributed by atoms with Crippen molar-refractivity contribution >= 4 is 17.1 Å². The zero-order valence-electron chi connectivity index (χ0n) is 7.99. The van der Waals surface area contributed by atoms with Gasteiger partial charge in [0.25, 0.3) is 0 Å². The number of carbonyl (C=O) groups is 1. The molecule has 1 heterocycles. The summed E-state index contributed by atoms with van der Waals surface area (Å²) in [4.78, 5) is 12.6. The molecule has 0 saturated carbocycles. The zero-order valence-corrected chi connectivity index (χ0v) is 8.80. The molecule has 0 bridgehead atoms. The summed E-state index contributed by atoms with van der Waals surface area (Å²) >= 11 is 1.49. The second kappa shape index (κ2) is 4.53. The Labute approximate surface area is 82.8 Å². The summed E-state index contributed by atoms with van der Waals surface area (Å²) in [6.45, 7) is 4.50. The van der Waals surface area contributed by atoms with Crippen molar-refractivity contribution in [2.45, 2.75) is 13.8 Å². The Bertz CT molecular complexity index is 266. The maximum Gasteiger partial charge on any atom is 0.177 e. The lowest BCUT2D eigenvalue weighted by Crippen LogP contribution is -2.27. The van der Waals surface area contributed by atoms with Crippen LogP contribution in [0.1, 0.15) is 23.5 Å². The van der Waals surface area contributed by atoms with Crippen molar-refractivity contribution < 1.29 is 4.79 Å². The van der Waals surface area contributed by atoms with Gasteiger partial charge in [0.2, 0.25) is 0 Å². The van der Waals surface area contributed by atoms with Crippen LogP contribution in [0.15, 0.2) is 17.5 Å². The number of carbonyl (C=O) groups excluding carboxylic acids is 1. The Kier molecular flexibility index (Phi) is 3.63. The van der Waals surface area contributed by atoms with Crippen LogP contribution in [0.2, 0.25) is 0 Å². The first-order valence-electron chi connectivity index (χ1n) is 4.44. The predicted octanol–water partition coefficient (Wildman–Crippen LogP) is 2.16. The first kappa shape index (κ1) is 10.4. The molecule has 1 aromatic heterocycles. The number of thiophene rings is 1. The van der Waals surface area contributed by atoms with Crippen LogP contribution in [0, 0.1) is 11.8 Å². The number of hydrogen-bond acceptors (Lipinski definition) is 3. The number of Topliss-reactive ketones (excluding diaryl/α,β-unsaturated/α-hetero) is 1. The van der Waals surface area contributed by atoms with E-state index in [1.807, 2.05) is 31.4 Å². The fourth-order valence-electron chi connectivity index (χ4n) is 1.28. The highest BCUT2D eigenvalue weighted by molar-refractivity contribution is 7.12. The summed E-state index contributed by atoms with van der Waals surface area (Å²) in [5, 5.41) is 1.92. The molecule has 0 aliphatic carbocycles. The van der Waals surface area contributed by atoms with E-state index >= 15 is 0 Å². The van der Waals surface area contributed by atoms with Crippen molar-refractivity contribution in [3.63, 3.8) is 0 Å². The Morgan fingerprint density at radius 2 is 2.31 bits per heavy atom. The van der Waals surface area contributed by atoms with Crippen LogP contribution in [0.3, 0.4) is 0 Å².